The molecule has 1 amide bonds. The molecule has 7 nitrogen and oxygen atoms in total. The summed E-state index contributed by atoms with van der Waals surface area (Å²) in [5.41, 5.74) is 1.15. The van der Waals surface area contributed by atoms with Gasteiger partial charge >= 0.3 is 6.18 Å². The molecule has 0 aliphatic rings. The van der Waals surface area contributed by atoms with E-state index in [0.29, 0.717) is 29.1 Å². The molecule has 4 rings (SSSR count). The third kappa shape index (κ3) is 6.03. The van der Waals surface area contributed by atoms with E-state index in [9.17, 15) is 18.0 Å². The second-order valence-corrected chi connectivity index (χ2v) is 7.53. The molecule has 2 aromatic heterocycles. The first kappa shape index (κ1) is 23.1. The van der Waals surface area contributed by atoms with Crippen molar-refractivity contribution in [3.63, 3.8) is 0 Å². The molecule has 0 fully saturated rings. The molecule has 10 heteroatoms. The van der Waals surface area contributed by atoms with Gasteiger partial charge in [-0.15, -0.1) is 0 Å². The summed E-state index contributed by atoms with van der Waals surface area (Å²) in [5, 5.41) is 6.63. The summed E-state index contributed by atoms with van der Waals surface area (Å²) >= 11 is 0. The van der Waals surface area contributed by atoms with Crippen molar-refractivity contribution in [3.8, 4) is 0 Å². The number of carbonyl (C=O) groups excluding carboxylic acids is 1. The Bertz CT molecular complexity index is 1280. The molecule has 2 aromatic carbocycles. The predicted molar refractivity (Wildman–Crippen MR) is 121 cm³/mol. The largest absolute Gasteiger partial charge is 0.416 e. The Balaban J connectivity index is 1.44. The number of hydrogen-bond acceptors (Lipinski definition) is 6. The van der Waals surface area contributed by atoms with E-state index in [0.717, 1.165) is 23.2 Å². The standard InChI is InChI=1S/C24H21F3N6O/c25-24(26,27)17-5-3-4-16(12-17)13-31-23-19-6-1-2-7-20(19)32-21(33-23)15-30-22(34)9-8-18-14-28-10-11-29-18/h1-7,10-12,14H,8-9,13,15H2,(H,30,34)(H,31,32,33). The fraction of sp³-hybridized carbons (Fsp3) is 0.208. The number of rotatable bonds is 8. The number of nitrogens with one attached hydrogen (secondary N) is 2. The molecular weight excluding hydrogens is 445 g/mol. The first-order valence-electron chi connectivity index (χ1n) is 10.6. The molecule has 0 aliphatic heterocycles. The number of benzene rings is 2. The lowest BCUT2D eigenvalue weighted by Crippen LogP contribution is -2.24. The average molecular weight is 466 g/mol. The van der Waals surface area contributed by atoms with Crippen molar-refractivity contribution in [3.05, 3.63) is 89.8 Å². The van der Waals surface area contributed by atoms with Gasteiger partial charge in [-0.05, 0) is 36.2 Å². The van der Waals surface area contributed by atoms with Crippen LogP contribution in [0.2, 0.25) is 0 Å². The fourth-order valence-corrected chi connectivity index (χ4v) is 3.35. The molecule has 4 aromatic rings. The maximum absolute atomic E-state index is 13.0. The highest BCUT2D eigenvalue weighted by Gasteiger charge is 2.30. The lowest BCUT2D eigenvalue weighted by molar-refractivity contribution is -0.137. The Hall–Kier alpha value is -4.08. The Labute approximate surface area is 193 Å². The van der Waals surface area contributed by atoms with E-state index in [1.165, 1.54) is 6.07 Å². The Morgan fingerprint density at radius 1 is 0.971 bits per heavy atom. The van der Waals surface area contributed by atoms with Crippen LogP contribution in [-0.2, 0) is 30.5 Å². The average Bonchev–Trinajstić information content (AvgIpc) is 2.85. The summed E-state index contributed by atoms with van der Waals surface area (Å²) in [6, 6.07) is 12.4. The van der Waals surface area contributed by atoms with E-state index in [2.05, 4.69) is 30.6 Å². The third-order valence-corrected chi connectivity index (χ3v) is 5.03. The van der Waals surface area contributed by atoms with Crippen LogP contribution in [0.4, 0.5) is 19.0 Å². The van der Waals surface area contributed by atoms with Crippen LogP contribution in [-0.4, -0.2) is 25.8 Å². The third-order valence-electron chi connectivity index (χ3n) is 5.03. The van der Waals surface area contributed by atoms with Crippen molar-refractivity contribution in [2.75, 3.05) is 5.32 Å². The van der Waals surface area contributed by atoms with Crippen LogP contribution in [0.5, 0.6) is 0 Å². The molecule has 174 valence electrons. The molecule has 2 N–H and O–H groups in total. The van der Waals surface area contributed by atoms with E-state index in [1.807, 2.05) is 24.3 Å². The summed E-state index contributed by atoms with van der Waals surface area (Å²) in [4.78, 5) is 29.3. The number of aromatic nitrogens is 4. The number of para-hydroxylation sites is 1. The van der Waals surface area contributed by atoms with Crippen LogP contribution in [0.15, 0.2) is 67.1 Å². The Morgan fingerprint density at radius 3 is 2.62 bits per heavy atom. The van der Waals surface area contributed by atoms with Crippen molar-refractivity contribution >= 4 is 22.6 Å². The first-order valence-corrected chi connectivity index (χ1v) is 10.6. The van der Waals surface area contributed by atoms with Gasteiger partial charge in [-0.3, -0.25) is 14.8 Å². The molecule has 0 aliphatic carbocycles. The number of aryl methyl sites for hydroxylation is 1. The van der Waals surface area contributed by atoms with Gasteiger partial charge in [0.2, 0.25) is 5.91 Å². The number of halogens is 3. The van der Waals surface area contributed by atoms with Crippen molar-refractivity contribution in [2.24, 2.45) is 0 Å². The highest BCUT2D eigenvalue weighted by molar-refractivity contribution is 5.89. The zero-order valence-electron chi connectivity index (χ0n) is 18.0. The summed E-state index contributed by atoms with van der Waals surface area (Å²) in [7, 11) is 0. The lowest BCUT2D eigenvalue weighted by Gasteiger charge is -2.13. The molecule has 0 unspecified atom stereocenters. The number of hydrogen-bond donors (Lipinski definition) is 2. The van der Waals surface area contributed by atoms with Crippen LogP contribution in [0.25, 0.3) is 10.9 Å². The predicted octanol–water partition coefficient (Wildman–Crippen LogP) is 4.30. The van der Waals surface area contributed by atoms with E-state index >= 15 is 0 Å². The number of anilines is 1. The molecule has 0 saturated carbocycles. The SMILES string of the molecule is O=C(CCc1cnccn1)NCc1nc(NCc2cccc(C(F)(F)F)c2)c2ccccc2n1. The van der Waals surface area contributed by atoms with Crippen LogP contribution in [0.1, 0.15) is 29.1 Å². The van der Waals surface area contributed by atoms with Gasteiger partial charge in [0.1, 0.15) is 5.82 Å². The van der Waals surface area contributed by atoms with Crippen molar-refractivity contribution in [1.29, 1.82) is 0 Å². The minimum absolute atomic E-state index is 0.113. The van der Waals surface area contributed by atoms with E-state index in [1.54, 1.807) is 24.7 Å². The van der Waals surface area contributed by atoms with Crippen LogP contribution in [0.3, 0.4) is 0 Å². The molecule has 0 atom stereocenters. The normalized spacial score (nSPS) is 11.4. The highest BCUT2D eigenvalue weighted by atomic mass is 19.4. The molecule has 0 spiro atoms. The van der Waals surface area contributed by atoms with E-state index in [-0.39, 0.29) is 25.4 Å². The van der Waals surface area contributed by atoms with Crippen LogP contribution < -0.4 is 10.6 Å². The number of amides is 1. The van der Waals surface area contributed by atoms with Gasteiger partial charge in [0.25, 0.3) is 0 Å². The summed E-state index contributed by atoms with van der Waals surface area (Å²) in [6.07, 6.45) is 1.05. The second kappa shape index (κ2) is 10.2. The highest BCUT2D eigenvalue weighted by Crippen LogP contribution is 2.30. The zero-order valence-corrected chi connectivity index (χ0v) is 18.0. The molecular formula is C24H21F3N6O. The second-order valence-electron chi connectivity index (χ2n) is 7.53. The van der Waals surface area contributed by atoms with Gasteiger partial charge in [-0.1, -0.05) is 24.3 Å². The summed E-state index contributed by atoms with van der Waals surface area (Å²) in [5.74, 6) is 0.686. The van der Waals surface area contributed by atoms with Crippen LogP contribution in [0, 0.1) is 0 Å². The maximum Gasteiger partial charge on any atom is 0.416 e. The van der Waals surface area contributed by atoms with Crippen molar-refractivity contribution < 1.29 is 18.0 Å². The molecule has 0 radical (unpaired) electrons. The number of alkyl halides is 3. The van der Waals surface area contributed by atoms with E-state index in [4.69, 9.17) is 0 Å². The van der Waals surface area contributed by atoms with Crippen molar-refractivity contribution in [1.82, 2.24) is 25.3 Å². The quantitative estimate of drug-likeness (QED) is 0.402. The minimum Gasteiger partial charge on any atom is -0.365 e. The smallest absolute Gasteiger partial charge is 0.365 e. The Kier molecular flexibility index (Phi) is 6.95. The topological polar surface area (TPSA) is 92.7 Å². The monoisotopic (exact) mass is 466 g/mol. The number of nitrogens with zero attached hydrogens (tertiary/aromatic N) is 4. The van der Waals surface area contributed by atoms with Crippen molar-refractivity contribution in [2.45, 2.75) is 32.1 Å². The van der Waals surface area contributed by atoms with E-state index < -0.39 is 11.7 Å². The molecule has 34 heavy (non-hydrogen) atoms. The van der Waals surface area contributed by atoms with Crippen LogP contribution >= 0.6 is 0 Å². The minimum atomic E-state index is -4.41. The zero-order chi connectivity index (χ0) is 24.0. The molecule has 0 saturated heterocycles. The lowest BCUT2D eigenvalue weighted by atomic mass is 10.1. The number of carbonyl (C=O) groups is 1. The fourth-order valence-electron chi connectivity index (χ4n) is 3.35. The van der Waals surface area contributed by atoms with Gasteiger partial charge < -0.3 is 10.6 Å². The molecule has 2 heterocycles. The summed E-state index contributed by atoms with van der Waals surface area (Å²) < 4.78 is 39.0. The van der Waals surface area contributed by atoms with Gasteiger partial charge in [0.15, 0.2) is 5.82 Å². The van der Waals surface area contributed by atoms with Gasteiger partial charge in [0.05, 0.1) is 23.3 Å². The van der Waals surface area contributed by atoms with Gasteiger partial charge in [-0.2, -0.15) is 13.2 Å². The molecule has 0 bridgehead atoms. The van der Waals surface area contributed by atoms with Gasteiger partial charge in [0, 0.05) is 36.9 Å². The first-order chi connectivity index (χ1) is 16.4. The van der Waals surface area contributed by atoms with Gasteiger partial charge in [-0.25, -0.2) is 9.97 Å². The number of fused-ring (bicyclic) bond motifs is 1. The maximum atomic E-state index is 13.0. The summed E-state index contributed by atoms with van der Waals surface area (Å²) in [6.45, 7) is 0.261. The Morgan fingerprint density at radius 2 is 1.82 bits per heavy atom.